The third kappa shape index (κ3) is 2.91. The standard InChI is InChI=1S/C12H15NO3P/c1-15-17(2,14)12-9-11(13-16-12)8-10-6-4-3-5-7-10/h3-7,9,14H,8H2,1-2H3/q+1. The van der Waals surface area contributed by atoms with Gasteiger partial charge in [0.2, 0.25) is 0 Å². The van der Waals surface area contributed by atoms with Crippen LogP contribution in [0.3, 0.4) is 0 Å². The van der Waals surface area contributed by atoms with E-state index < -0.39 is 7.72 Å². The topological polar surface area (TPSA) is 55.5 Å². The minimum Gasteiger partial charge on any atom is -0.314 e. The quantitative estimate of drug-likeness (QED) is 0.846. The Morgan fingerprint density at radius 2 is 2.06 bits per heavy atom. The van der Waals surface area contributed by atoms with Crippen molar-refractivity contribution >= 4 is 13.2 Å². The Balaban J connectivity index is 2.14. The Kier molecular flexibility index (Phi) is 3.57. The van der Waals surface area contributed by atoms with Gasteiger partial charge in [0.15, 0.2) is 0 Å². The number of aromatic nitrogens is 1. The van der Waals surface area contributed by atoms with Gasteiger partial charge in [-0.2, -0.15) is 0 Å². The van der Waals surface area contributed by atoms with E-state index in [2.05, 4.69) is 5.16 Å². The van der Waals surface area contributed by atoms with Gasteiger partial charge in [-0.25, -0.2) is 9.42 Å². The van der Waals surface area contributed by atoms with Gasteiger partial charge in [0.25, 0.3) is 0 Å². The Bertz CT molecular complexity index is 482. The van der Waals surface area contributed by atoms with E-state index in [9.17, 15) is 4.89 Å². The van der Waals surface area contributed by atoms with Crippen LogP contribution in [-0.2, 0) is 10.9 Å². The second kappa shape index (κ2) is 4.96. The first-order valence-electron chi connectivity index (χ1n) is 5.27. The highest BCUT2D eigenvalue weighted by Gasteiger charge is 2.38. The summed E-state index contributed by atoms with van der Waals surface area (Å²) in [4.78, 5) is 9.93. The van der Waals surface area contributed by atoms with Crippen molar-refractivity contribution in [1.82, 2.24) is 5.16 Å². The SMILES string of the molecule is CO[P+](C)(O)c1cc(Cc2ccccc2)no1. The van der Waals surface area contributed by atoms with Gasteiger partial charge < -0.3 is 4.52 Å². The molecule has 0 aliphatic rings. The molecule has 4 nitrogen and oxygen atoms in total. The summed E-state index contributed by atoms with van der Waals surface area (Å²) in [5, 5.41) is 3.94. The molecular formula is C12H15NO3P+. The Hall–Kier alpha value is -1.22. The van der Waals surface area contributed by atoms with E-state index in [4.69, 9.17) is 9.05 Å². The molecule has 0 bridgehead atoms. The highest BCUT2D eigenvalue weighted by Crippen LogP contribution is 2.49. The van der Waals surface area contributed by atoms with Crippen molar-refractivity contribution in [2.24, 2.45) is 0 Å². The fraction of sp³-hybridized carbons (Fsp3) is 0.250. The molecule has 1 aromatic heterocycles. The summed E-state index contributed by atoms with van der Waals surface area (Å²) in [5.41, 5.74) is 2.37. The molecular weight excluding hydrogens is 237 g/mol. The molecule has 0 saturated carbocycles. The first-order valence-corrected chi connectivity index (χ1v) is 7.37. The zero-order chi connectivity index (χ0) is 12.3. The fourth-order valence-corrected chi connectivity index (χ4v) is 2.24. The van der Waals surface area contributed by atoms with Crippen molar-refractivity contribution in [1.29, 1.82) is 0 Å². The summed E-state index contributed by atoms with van der Waals surface area (Å²) in [7, 11) is -1.12. The molecule has 1 N–H and O–H groups in total. The molecule has 0 radical (unpaired) electrons. The van der Waals surface area contributed by atoms with Gasteiger partial charge in [0.05, 0.1) is 18.9 Å². The lowest BCUT2D eigenvalue weighted by Crippen LogP contribution is -2.08. The van der Waals surface area contributed by atoms with E-state index in [1.165, 1.54) is 7.11 Å². The van der Waals surface area contributed by atoms with E-state index >= 15 is 0 Å². The van der Waals surface area contributed by atoms with Crippen LogP contribution in [0.25, 0.3) is 0 Å². The summed E-state index contributed by atoms with van der Waals surface area (Å²) in [5.74, 6) is 0. The van der Waals surface area contributed by atoms with Gasteiger partial charge in [-0.05, 0) is 5.56 Å². The molecule has 0 fully saturated rings. The van der Waals surface area contributed by atoms with Crippen molar-refractivity contribution in [3.63, 3.8) is 0 Å². The zero-order valence-corrected chi connectivity index (χ0v) is 10.7. The molecule has 0 amide bonds. The van der Waals surface area contributed by atoms with Crippen molar-refractivity contribution in [3.05, 3.63) is 47.7 Å². The van der Waals surface area contributed by atoms with E-state index in [0.717, 1.165) is 11.3 Å². The lowest BCUT2D eigenvalue weighted by atomic mass is 10.1. The van der Waals surface area contributed by atoms with Crippen molar-refractivity contribution in [3.8, 4) is 0 Å². The first kappa shape index (κ1) is 12.2. The minimum absolute atomic E-state index is 0.422. The van der Waals surface area contributed by atoms with E-state index in [1.807, 2.05) is 30.3 Å². The van der Waals surface area contributed by atoms with Gasteiger partial charge in [0, 0.05) is 6.42 Å². The first-order chi connectivity index (χ1) is 8.12. The molecule has 17 heavy (non-hydrogen) atoms. The summed E-state index contributed by atoms with van der Waals surface area (Å²) < 4.78 is 10.1. The van der Waals surface area contributed by atoms with Crippen molar-refractivity contribution in [2.75, 3.05) is 13.8 Å². The molecule has 0 aliphatic heterocycles. The second-order valence-electron chi connectivity index (χ2n) is 3.88. The molecule has 90 valence electrons. The smallest absolute Gasteiger partial charge is 0.314 e. The van der Waals surface area contributed by atoms with Crippen LogP contribution in [0.5, 0.6) is 0 Å². The molecule has 2 aromatic rings. The molecule has 1 atom stereocenters. The lowest BCUT2D eigenvalue weighted by molar-refractivity contribution is 0.361. The molecule has 5 heteroatoms. The average Bonchev–Trinajstić information content (AvgIpc) is 2.80. The van der Waals surface area contributed by atoms with Crippen LogP contribution in [0.15, 0.2) is 40.9 Å². The fourth-order valence-electron chi connectivity index (χ4n) is 1.47. The molecule has 1 heterocycles. The predicted octanol–water partition coefficient (Wildman–Crippen LogP) is 2.01. The van der Waals surface area contributed by atoms with Crippen LogP contribution in [0, 0.1) is 0 Å². The number of rotatable bonds is 4. The largest absolute Gasteiger partial charge is 0.339 e. The third-order valence-corrected chi connectivity index (χ3v) is 4.28. The summed E-state index contributed by atoms with van der Waals surface area (Å²) in [6.45, 7) is 1.62. The van der Waals surface area contributed by atoms with Gasteiger partial charge in [-0.1, -0.05) is 35.5 Å². The Morgan fingerprint density at radius 1 is 1.35 bits per heavy atom. The maximum Gasteiger partial charge on any atom is 0.339 e. The van der Waals surface area contributed by atoms with Crippen LogP contribution in [-0.4, -0.2) is 23.8 Å². The van der Waals surface area contributed by atoms with E-state index in [0.29, 0.717) is 11.9 Å². The predicted molar refractivity (Wildman–Crippen MR) is 67.5 cm³/mol. The molecule has 1 unspecified atom stereocenters. The average molecular weight is 252 g/mol. The molecule has 0 aliphatic carbocycles. The number of nitrogens with zero attached hydrogens (tertiary/aromatic N) is 1. The zero-order valence-electron chi connectivity index (χ0n) is 9.83. The summed E-state index contributed by atoms with van der Waals surface area (Å²) >= 11 is 0. The number of hydrogen-bond donors (Lipinski definition) is 1. The second-order valence-corrected chi connectivity index (χ2v) is 6.44. The minimum atomic E-state index is -2.59. The summed E-state index contributed by atoms with van der Waals surface area (Å²) in [6, 6.07) is 11.7. The van der Waals surface area contributed by atoms with Crippen LogP contribution in [0.1, 0.15) is 11.3 Å². The molecule has 0 spiro atoms. The maximum absolute atomic E-state index is 9.93. The van der Waals surface area contributed by atoms with Crippen LogP contribution < -0.4 is 5.50 Å². The van der Waals surface area contributed by atoms with Crippen LogP contribution >= 0.6 is 7.72 Å². The third-order valence-electron chi connectivity index (χ3n) is 2.54. The van der Waals surface area contributed by atoms with Crippen LogP contribution in [0.2, 0.25) is 0 Å². The number of benzene rings is 1. The van der Waals surface area contributed by atoms with E-state index in [1.54, 1.807) is 12.7 Å². The molecule has 2 rings (SSSR count). The highest BCUT2D eigenvalue weighted by atomic mass is 31.2. The normalized spacial score (nSPS) is 14.5. The van der Waals surface area contributed by atoms with Crippen molar-refractivity contribution < 1.29 is 13.9 Å². The maximum atomic E-state index is 9.93. The van der Waals surface area contributed by atoms with Gasteiger partial charge in [-0.3, -0.25) is 0 Å². The monoisotopic (exact) mass is 252 g/mol. The van der Waals surface area contributed by atoms with Gasteiger partial charge in [-0.15, -0.1) is 0 Å². The number of hydrogen-bond acceptors (Lipinski definition) is 4. The van der Waals surface area contributed by atoms with Gasteiger partial charge in [0.1, 0.15) is 6.66 Å². The summed E-state index contributed by atoms with van der Waals surface area (Å²) in [6.07, 6.45) is 0.689. The molecule has 1 aromatic carbocycles. The van der Waals surface area contributed by atoms with Gasteiger partial charge >= 0.3 is 13.2 Å². The van der Waals surface area contributed by atoms with Crippen LogP contribution in [0.4, 0.5) is 0 Å². The van der Waals surface area contributed by atoms with Crippen molar-refractivity contribution in [2.45, 2.75) is 6.42 Å². The lowest BCUT2D eigenvalue weighted by Gasteiger charge is -2.04. The molecule has 0 saturated heterocycles. The highest BCUT2D eigenvalue weighted by molar-refractivity contribution is 7.72. The Morgan fingerprint density at radius 3 is 2.71 bits per heavy atom. The Labute approximate surface area is 101 Å². The van der Waals surface area contributed by atoms with E-state index in [-0.39, 0.29) is 0 Å².